The van der Waals surface area contributed by atoms with Crippen molar-refractivity contribution in [1.82, 2.24) is 24.2 Å². The molecule has 210 valence electrons. The lowest BCUT2D eigenvalue weighted by Crippen LogP contribution is -2.40. The number of rotatable bonds is 7. The molecule has 9 nitrogen and oxygen atoms in total. The van der Waals surface area contributed by atoms with E-state index in [1.165, 1.54) is 24.3 Å². The largest absolute Gasteiger partial charge is 0.482 e. The molecule has 1 unspecified atom stereocenters. The predicted molar refractivity (Wildman–Crippen MR) is 151 cm³/mol. The number of methoxy groups -OCH3 is 1. The average molecular weight is 607 g/mol. The molecule has 13 heteroatoms. The van der Waals surface area contributed by atoms with Crippen LogP contribution in [0.3, 0.4) is 0 Å². The summed E-state index contributed by atoms with van der Waals surface area (Å²) in [4.78, 5) is 26.4. The topological polar surface area (TPSA) is 97.1 Å². The maximum Gasteiger partial charge on any atom is 0.275 e. The number of carbonyl (C=O) groups excluding carboxylic acids is 1. The zero-order valence-corrected chi connectivity index (χ0v) is 24.5. The van der Waals surface area contributed by atoms with Crippen LogP contribution in [0.5, 0.6) is 5.88 Å². The molecule has 0 bridgehead atoms. The van der Waals surface area contributed by atoms with Gasteiger partial charge < -0.3 is 14.5 Å². The highest BCUT2D eigenvalue weighted by molar-refractivity contribution is 7.92. The minimum Gasteiger partial charge on any atom is -0.482 e. The van der Waals surface area contributed by atoms with Crippen LogP contribution in [0.15, 0.2) is 47.5 Å². The molecule has 0 saturated carbocycles. The van der Waals surface area contributed by atoms with Crippen molar-refractivity contribution in [2.45, 2.75) is 17.9 Å². The Kier molecular flexibility index (Phi) is 7.51. The monoisotopic (exact) mass is 605 g/mol. The van der Waals surface area contributed by atoms with E-state index in [-0.39, 0.29) is 38.9 Å². The quantitative estimate of drug-likeness (QED) is 0.282. The molecular weight excluding hydrogens is 580 g/mol. The highest BCUT2D eigenvalue weighted by Gasteiger charge is 2.43. The first-order valence-electron chi connectivity index (χ1n) is 12.3. The highest BCUT2D eigenvalue weighted by atomic mass is 35.5. The molecule has 3 aromatic heterocycles. The Hall–Kier alpha value is -3.25. The average Bonchev–Trinajstić information content (AvgIpc) is 3.43. The number of hydrogen-bond donors (Lipinski definition) is 0. The van der Waals surface area contributed by atoms with Gasteiger partial charge in [0.25, 0.3) is 5.91 Å². The number of hydrogen-bond acceptors (Lipinski definition) is 7. The van der Waals surface area contributed by atoms with Crippen molar-refractivity contribution in [1.29, 1.82) is 0 Å². The van der Waals surface area contributed by atoms with Crippen molar-refractivity contribution in [2.24, 2.45) is 0 Å². The second-order valence-corrected chi connectivity index (χ2v) is 12.5. The molecule has 4 heterocycles. The highest BCUT2D eigenvalue weighted by Crippen LogP contribution is 2.43. The number of aromatic nitrogens is 3. The summed E-state index contributed by atoms with van der Waals surface area (Å²) in [6.45, 7) is 2.25. The third kappa shape index (κ3) is 4.81. The number of ether oxygens (including phenoxy) is 1. The first-order chi connectivity index (χ1) is 18.9. The van der Waals surface area contributed by atoms with Gasteiger partial charge in [-0.3, -0.25) is 9.20 Å². The maximum atomic E-state index is 14.5. The van der Waals surface area contributed by atoms with Crippen molar-refractivity contribution in [2.75, 3.05) is 40.0 Å². The van der Waals surface area contributed by atoms with Gasteiger partial charge in [-0.1, -0.05) is 29.3 Å². The summed E-state index contributed by atoms with van der Waals surface area (Å²) in [7, 11) is 1.33. The van der Waals surface area contributed by atoms with E-state index in [1.54, 1.807) is 41.7 Å². The van der Waals surface area contributed by atoms with Crippen LogP contribution in [0.2, 0.25) is 10.2 Å². The number of pyridine rings is 2. The van der Waals surface area contributed by atoms with Gasteiger partial charge in [-0.15, -0.1) is 0 Å². The molecule has 1 atom stereocenters. The number of amides is 1. The SMILES string of the molecule is COc1cccc2nc(C(=O)N(CCN(C)C)C3CS(=O)(=O)c4c3cnc(Cl)c4Cl)c(-c3ccc(F)c(C)c3)n12. The van der Waals surface area contributed by atoms with Crippen molar-refractivity contribution >= 4 is 44.6 Å². The van der Waals surface area contributed by atoms with Gasteiger partial charge in [0, 0.05) is 30.4 Å². The summed E-state index contributed by atoms with van der Waals surface area (Å²) in [6, 6.07) is 8.84. The molecule has 1 amide bonds. The lowest BCUT2D eigenvalue weighted by Gasteiger charge is -2.30. The van der Waals surface area contributed by atoms with Crippen molar-refractivity contribution < 1.29 is 22.3 Å². The van der Waals surface area contributed by atoms with Crippen LogP contribution in [0.25, 0.3) is 16.9 Å². The third-order valence-electron chi connectivity index (χ3n) is 6.88. The van der Waals surface area contributed by atoms with E-state index < -0.39 is 21.8 Å². The van der Waals surface area contributed by atoms with E-state index in [9.17, 15) is 17.6 Å². The predicted octanol–water partition coefficient (Wildman–Crippen LogP) is 4.69. The number of aryl methyl sites for hydroxylation is 1. The van der Waals surface area contributed by atoms with Crippen LogP contribution < -0.4 is 4.74 Å². The van der Waals surface area contributed by atoms with Crippen molar-refractivity contribution in [3.8, 4) is 17.1 Å². The number of fused-ring (bicyclic) bond motifs is 2. The molecule has 0 spiro atoms. The zero-order chi connectivity index (χ0) is 28.9. The summed E-state index contributed by atoms with van der Waals surface area (Å²) in [6.07, 6.45) is 1.35. The Morgan fingerprint density at radius 2 is 1.95 bits per heavy atom. The number of imidazole rings is 1. The van der Waals surface area contributed by atoms with Crippen molar-refractivity contribution in [3.05, 3.63) is 75.4 Å². The molecule has 4 aromatic rings. The van der Waals surface area contributed by atoms with Gasteiger partial charge in [0.1, 0.15) is 16.6 Å². The molecule has 1 aromatic carbocycles. The molecule has 0 aliphatic carbocycles. The van der Waals surface area contributed by atoms with Gasteiger partial charge in [0.15, 0.2) is 21.4 Å². The molecule has 0 saturated heterocycles. The van der Waals surface area contributed by atoms with Crippen LogP contribution in [0, 0.1) is 12.7 Å². The van der Waals surface area contributed by atoms with Crippen LogP contribution in [0.1, 0.15) is 27.7 Å². The fourth-order valence-electron chi connectivity index (χ4n) is 4.93. The number of halogens is 3. The molecule has 1 aliphatic rings. The summed E-state index contributed by atoms with van der Waals surface area (Å²) < 4.78 is 47.9. The molecule has 0 radical (unpaired) electrons. The Balaban J connectivity index is 1.73. The number of likely N-dealkylation sites (N-methyl/N-ethyl adjacent to an activating group) is 1. The summed E-state index contributed by atoms with van der Waals surface area (Å²) in [5.41, 5.74) is 2.11. The molecular formula is C27H26Cl2FN5O4S. The Labute approximate surface area is 241 Å². The first kappa shape index (κ1) is 28.3. The van der Waals surface area contributed by atoms with E-state index in [0.717, 1.165) is 0 Å². The smallest absolute Gasteiger partial charge is 0.275 e. The second-order valence-electron chi connectivity index (χ2n) is 9.78. The first-order valence-corrected chi connectivity index (χ1v) is 14.7. The fourth-order valence-corrected chi connectivity index (χ4v) is 7.50. The van der Waals surface area contributed by atoms with E-state index in [0.29, 0.717) is 40.5 Å². The lowest BCUT2D eigenvalue weighted by atomic mass is 10.0. The van der Waals surface area contributed by atoms with Gasteiger partial charge in [-0.2, -0.15) is 0 Å². The number of nitrogens with zero attached hydrogens (tertiary/aromatic N) is 5. The molecule has 1 aliphatic heterocycles. The summed E-state index contributed by atoms with van der Waals surface area (Å²) in [5, 5.41) is -0.293. The number of benzene rings is 1. The maximum absolute atomic E-state index is 14.5. The standard InChI is InChI=1S/C27H26Cl2FN5O4S/c1-15-12-16(8-9-18(15)30)24-23(32-20-6-5-7-21(39-4)35(20)24)27(36)34(11-10-33(2)3)19-14-40(37,38)25-17(19)13-31-26(29)22(25)28/h5-9,12-13,19H,10-11,14H2,1-4H3. The van der Waals surface area contributed by atoms with Crippen LogP contribution in [-0.2, 0) is 9.84 Å². The van der Waals surface area contributed by atoms with Crippen LogP contribution in [0.4, 0.5) is 4.39 Å². The van der Waals surface area contributed by atoms with Gasteiger partial charge in [-0.05, 0) is 56.9 Å². The van der Waals surface area contributed by atoms with Gasteiger partial charge in [0.05, 0.1) is 34.5 Å². The Morgan fingerprint density at radius 3 is 2.62 bits per heavy atom. The fraction of sp³-hybridized carbons (Fsp3) is 0.296. The van der Waals surface area contributed by atoms with E-state index in [1.807, 2.05) is 19.0 Å². The molecule has 5 rings (SSSR count). The molecule has 40 heavy (non-hydrogen) atoms. The minimum atomic E-state index is -3.87. The van der Waals surface area contributed by atoms with Gasteiger partial charge in [-0.25, -0.2) is 22.8 Å². The third-order valence-corrected chi connectivity index (χ3v) is 9.56. The van der Waals surface area contributed by atoms with E-state index in [2.05, 4.69) is 9.97 Å². The second kappa shape index (κ2) is 10.6. The summed E-state index contributed by atoms with van der Waals surface area (Å²) >= 11 is 12.3. The number of sulfone groups is 1. The molecule has 0 N–H and O–H groups in total. The minimum absolute atomic E-state index is 0.0631. The Morgan fingerprint density at radius 1 is 1.20 bits per heavy atom. The van der Waals surface area contributed by atoms with Crippen molar-refractivity contribution in [3.63, 3.8) is 0 Å². The van der Waals surface area contributed by atoms with Crippen LogP contribution in [-0.4, -0.2) is 78.5 Å². The van der Waals surface area contributed by atoms with E-state index in [4.69, 9.17) is 27.9 Å². The van der Waals surface area contributed by atoms with Gasteiger partial charge >= 0.3 is 0 Å². The zero-order valence-electron chi connectivity index (χ0n) is 22.2. The lowest BCUT2D eigenvalue weighted by molar-refractivity contribution is 0.0676. The summed E-state index contributed by atoms with van der Waals surface area (Å²) in [5.74, 6) is -0.866. The normalized spacial score (nSPS) is 15.9. The van der Waals surface area contributed by atoms with Crippen LogP contribution >= 0.6 is 23.2 Å². The molecule has 0 fully saturated rings. The van der Waals surface area contributed by atoms with E-state index >= 15 is 0 Å². The number of carbonyl (C=O) groups is 1. The Bertz CT molecular complexity index is 1760. The van der Waals surface area contributed by atoms with Gasteiger partial charge in [0.2, 0.25) is 0 Å².